The Balaban J connectivity index is 2.23. The van der Waals surface area contributed by atoms with Crippen molar-refractivity contribution in [3.8, 4) is 11.5 Å². The maximum Gasteiger partial charge on any atom is 0.142 e. The molecule has 0 radical (unpaired) electrons. The summed E-state index contributed by atoms with van der Waals surface area (Å²) in [6.07, 6.45) is 1.83. The molecule has 0 atom stereocenters. The molecule has 5 heteroatoms. The molecule has 0 fully saturated rings. The number of methoxy groups -OCH3 is 2. The van der Waals surface area contributed by atoms with Crippen molar-refractivity contribution in [1.82, 2.24) is 4.98 Å². The first-order valence-electron chi connectivity index (χ1n) is 6.63. The van der Waals surface area contributed by atoms with Crippen LogP contribution in [0.25, 0.3) is 0 Å². The summed E-state index contributed by atoms with van der Waals surface area (Å²) in [5, 5.41) is 3.36. The molecule has 21 heavy (non-hydrogen) atoms. The number of aryl methyl sites for hydroxylation is 1. The molecule has 0 aliphatic rings. The van der Waals surface area contributed by atoms with Crippen LogP contribution >= 0.6 is 15.9 Å². The first-order valence-corrected chi connectivity index (χ1v) is 7.42. The molecule has 4 nitrogen and oxygen atoms in total. The Morgan fingerprint density at radius 2 is 1.95 bits per heavy atom. The molecule has 0 aliphatic heterocycles. The Hall–Kier alpha value is -1.75. The minimum Gasteiger partial charge on any atom is -0.496 e. The highest BCUT2D eigenvalue weighted by atomic mass is 79.9. The summed E-state index contributed by atoms with van der Waals surface area (Å²) in [5.41, 5.74) is 3.98. The van der Waals surface area contributed by atoms with Gasteiger partial charge < -0.3 is 14.8 Å². The van der Waals surface area contributed by atoms with Gasteiger partial charge in [0.25, 0.3) is 0 Å². The molecule has 0 amide bonds. The normalized spacial score (nSPS) is 10.3. The maximum atomic E-state index is 5.43. The first-order chi connectivity index (χ1) is 10.1. The van der Waals surface area contributed by atoms with Gasteiger partial charge >= 0.3 is 0 Å². The molecule has 2 rings (SSSR count). The molecule has 0 bridgehead atoms. The van der Waals surface area contributed by atoms with E-state index < -0.39 is 0 Å². The number of nitrogens with one attached hydrogen (secondary N) is 1. The van der Waals surface area contributed by atoms with E-state index in [-0.39, 0.29) is 0 Å². The van der Waals surface area contributed by atoms with E-state index in [1.54, 1.807) is 14.2 Å². The molecule has 112 valence electrons. The van der Waals surface area contributed by atoms with E-state index in [1.165, 1.54) is 0 Å². The Morgan fingerprint density at radius 1 is 1.19 bits per heavy atom. The van der Waals surface area contributed by atoms with E-state index in [1.807, 2.05) is 38.2 Å². The van der Waals surface area contributed by atoms with Crippen LogP contribution in [-0.2, 0) is 6.54 Å². The Kier molecular flexibility index (Phi) is 5.07. The predicted octanol–water partition coefficient (Wildman–Crippen LogP) is 4.09. The molecule has 2 aromatic rings. The number of halogens is 1. The Labute approximate surface area is 133 Å². The van der Waals surface area contributed by atoms with E-state index in [9.17, 15) is 0 Å². The summed E-state index contributed by atoms with van der Waals surface area (Å²) in [6, 6.07) is 5.85. The van der Waals surface area contributed by atoms with Gasteiger partial charge in [0, 0.05) is 21.8 Å². The minimum atomic E-state index is 0.606. The summed E-state index contributed by atoms with van der Waals surface area (Å²) in [4.78, 5) is 4.48. The molecule has 0 spiro atoms. The summed E-state index contributed by atoms with van der Waals surface area (Å²) < 4.78 is 11.8. The largest absolute Gasteiger partial charge is 0.496 e. The first kappa shape index (κ1) is 15.6. The third kappa shape index (κ3) is 3.47. The van der Waals surface area contributed by atoms with Gasteiger partial charge in [-0.05, 0) is 32.0 Å². The van der Waals surface area contributed by atoms with Gasteiger partial charge in [-0.25, -0.2) is 0 Å². The van der Waals surface area contributed by atoms with Gasteiger partial charge in [-0.1, -0.05) is 15.9 Å². The zero-order chi connectivity index (χ0) is 15.4. The quantitative estimate of drug-likeness (QED) is 0.881. The van der Waals surface area contributed by atoms with E-state index in [4.69, 9.17) is 9.47 Å². The van der Waals surface area contributed by atoms with Crippen LogP contribution in [0.15, 0.2) is 28.9 Å². The smallest absolute Gasteiger partial charge is 0.142 e. The number of aromatic nitrogens is 1. The fraction of sp³-hybridized carbons (Fsp3) is 0.312. The van der Waals surface area contributed by atoms with Crippen molar-refractivity contribution in [2.45, 2.75) is 20.4 Å². The second kappa shape index (κ2) is 6.80. The van der Waals surface area contributed by atoms with Gasteiger partial charge in [0.2, 0.25) is 0 Å². The summed E-state index contributed by atoms with van der Waals surface area (Å²) in [7, 11) is 3.34. The average molecular weight is 351 g/mol. The van der Waals surface area contributed by atoms with Crippen LogP contribution in [-0.4, -0.2) is 19.2 Å². The number of ether oxygens (including phenoxy) is 2. The van der Waals surface area contributed by atoms with Crippen molar-refractivity contribution >= 4 is 21.6 Å². The van der Waals surface area contributed by atoms with Crippen LogP contribution in [0.5, 0.6) is 11.5 Å². The number of benzene rings is 1. The molecular formula is C16H19BrN2O2. The van der Waals surface area contributed by atoms with Gasteiger partial charge in [0.05, 0.1) is 32.1 Å². The lowest BCUT2D eigenvalue weighted by atomic mass is 10.1. The monoisotopic (exact) mass is 350 g/mol. The van der Waals surface area contributed by atoms with E-state index >= 15 is 0 Å². The third-order valence-electron chi connectivity index (χ3n) is 3.36. The van der Waals surface area contributed by atoms with Crippen molar-refractivity contribution in [2.75, 3.05) is 19.5 Å². The summed E-state index contributed by atoms with van der Waals surface area (Å²) in [6.45, 7) is 4.62. The number of anilines is 1. The van der Waals surface area contributed by atoms with Crippen LogP contribution < -0.4 is 14.8 Å². The molecule has 0 aliphatic carbocycles. The number of hydrogen-bond acceptors (Lipinski definition) is 4. The highest BCUT2D eigenvalue weighted by Gasteiger charge is 2.10. The molecule has 1 N–H and O–H groups in total. The van der Waals surface area contributed by atoms with Gasteiger partial charge in [-0.2, -0.15) is 0 Å². The van der Waals surface area contributed by atoms with Crippen LogP contribution in [0, 0.1) is 13.8 Å². The highest BCUT2D eigenvalue weighted by Crippen LogP contribution is 2.29. The lowest BCUT2D eigenvalue weighted by Gasteiger charge is -2.15. The topological polar surface area (TPSA) is 43.4 Å². The van der Waals surface area contributed by atoms with Crippen molar-refractivity contribution in [1.29, 1.82) is 0 Å². The molecule has 0 unspecified atom stereocenters. The molecule has 0 saturated carbocycles. The number of hydrogen-bond donors (Lipinski definition) is 1. The number of pyridine rings is 1. The van der Waals surface area contributed by atoms with Crippen LogP contribution in [0.2, 0.25) is 0 Å². The van der Waals surface area contributed by atoms with Crippen molar-refractivity contribution < 1.29 is 9.47 Å². The van der Waals surface area contributed by atoms with Crippen molar-refractivity contribution in [3.05, 3.63) is 45.7 Å². The summed E-state index contributed by atoms with van der Waals surface area (Å²) >= 11 is 3.47. The second-order valence-corrected chi connectivity index (χ2v) is 5.66. The van der Waals surface area contributed by atoms with E-state index in [0.717, 1.165) is 38.5 Å². The zero-order valence-corrected chi connectivity index (χ0v) is 14.2. The van der Waals surface area contributed by atoms with E-state index in [0.29, 0.717) is 6.54 Å². The molecule has 1 heterocycles. The lowest BCUT2D eigenvalue weighted by Crippen LogP contribution is -2.07. The molecular weight excluding hydrogens is 332 g/mol. The minimum absolute atomic E-state index is 0.606. The SMILES string of the molecule is COc1ccc(Br)cc1NCc1ncc(C)c(OC)c1C. The van der Waals surface area contributed by atoms with Crippen LogP contribution in [0.4, 0.5) is 5.69 Å². The van der Waals surface area contributed by atoms with Gasteiger partial charge in [0.15, 0.2) is 0 Å². The second-order valence-electron chi connectivity index (χ2n) is 4.74. The van der Waals surface area contributed by atoms with Crippen LogP contribution in [0.1, 0.15) is 16.8 Å². The zero-order valence-electron chi connectivity index (χ0n) is 12.7. The predicted molar refractivity (Wildman–Crippen MR) is 88.3 cm³/mol. The average Bonchev–Trinajstić information content (AvgIpc) is 2.47. The Morgan fingerprint density at radius 3 is 2.62 bits per heavy atom. The highest BCUT2D eigenvalue weighted by molar-refractivity contribution is 9.10. The molecule has 0 saturated heterocycles. The summed E-state index contributed by atoms with van der Waals surface area (Å²) in [5.74, 6) is 1.69. The fourth-order valence-corrected chi connectivity index (χ4v) is 2.61. The van der Waals surface area contributed by atoms with Crippen LogP contribution in [0.3, 0.4) is 0 Å². The van der Waals surface area contributed by atoms with E-state index in [2.05, 4.69) is 26.2 Å². The standard InChI is InChI=1S/C16H19BrN2O2/c1-10-8-18-14(11(2)16(10)21-4)9-19-13-7-12(17)5-6-15(13)20-3/h5-8,19H,9H2,1-4H3. The van der Waals surface area contributed by atoms with Crippen molar-refractivity contribution in [3.63, 3.8) is 0 Å². The molecule has 1 aromatic heterocycles. The van der Waals surface area contributed by atoms with Gasteiger partial charge in [-0.15, -0.1) is 0 Å². The molecule has 1 aromatic carbocycles. The fourth-order valence-electron chi connectivity index (χ4n) is 2.25. The number of rotatable bonds is 5. The van der Waals surface area contributed by atoms with Crippen molar-refractivity contribution in [2.24, 2.45) is 0 Å². The maximum absolute atomic E-state index is 5.43. The van der Waals surface area contributed by atoms with Gasteiger partial charge in [0.1, 0.15) is 11.5 Å². The lowest BCUT2D eigenvalue weighted by molar-refractivity contribution is 0.407. The van der Waals surface area contributed by atoms with Gasteiger partial charge in [-0.3, -0.25) is 4.98 Å². The number of nitrogens with zero attached hydrogens (tertiary/aromatic N) is 1. The third-order valence-corrected chi connectivity index (χ3v) is 3.85. The Bertz CT molecular complexity index is 644.